The maximum atomic E-state index is 12.1. The van der Waals surface area contributed by atoms with Gasteiger partial charge in [-0.15, -0.1) is 0 Å². The molecule has 0 radical (unpaired) electrons. The molecule has 0 aliphatic heterocycles. The van der Waals surface area contributed by atoms with Gasteiger partial charge in [-0.1, -0.05) is 18.2 Å². The number of rotatable bonds is 9. The largest absolute Gasteiger partial charge is 0.423 e. The standard InChI is InChI=1S/C20H13N6O12P/c1-10-4-3-5-14(11(10)2)39(15-8-6-12(21(27)28)17(23(31)32)19(15)25(35)36)16-9-7-13(22(29)30)18(24(33)34)20(16)26(37)38/h3-9H,1-2H3. The highest BCUT2D eigenvalue weighted by Crippen LogP contribution is 2.48. The van der Waals surface area contributed by atoms with E-state index < -0.39 is 82.2 Å². The van der Waals surface area contributed by atoms with Crippen molar-refractivity contribution in [1.82, 2.24) is 0 Å². The van der Waals surface area contributed by atoms with Crippen LogP contribution in [0.5, 0.6) is 0 Å². The number of benzene rings is 3. The number of hydrogen-bond acceptors (Lipinski definition) is 12. The third kappa shape index (κ3) is 4.90. The van der Waals surface area contributed by atoms with Crippen molar-refractivity contribution in [3.05, 3.63) is 114 Å². The van der Waals surface area contributed by atoms with E-state index in [2.05, 4.69) is 0 Å². The molecule has 0 heterocycles. The molecule has 0 aliphatic carbocycles. The first kappa shape index (κ1) is 28.1. The molecule has 200 valence electrons. The van der Waals surface area contributed by atoms with E-state index in [9.17, 15) is 60.7 Å². The van der Waals surface area contributed by atoms with Gasteiger partial charge in [-0.05, 0) is 42.4 Å². The van der Waals surface area contributed by atoms with E-state index in [0.717, 1.165) is 12.1 Å². The van der Waals surface area contributed by atoms with Crippen LogP contribution >= 0.6 is 7.92 Å². The van der Waals surface area contributed by atoms with E-state index in [1.165, 1.54) is 19.1 Å². The van der Waals surface area contributed by atoms with Crippen LogP contribution in [0.25, 0.3) is 0 Å². The summed E-state index contributed by atoms with van der Waals surface area (Å²) in [5.41, 5.74) is -7.19. The van der Waals surface area contributed by atoms with Gasteiger partial charge in [0.1, 0.15) is 0 Å². The minimum atomic E-state index is -2.67. The highest BCUT2D eigenvalue weighted by Gasteiger charge is 2.46. The van der Waals surface area contributed by atoms with Crippen LogP contribution in [-0.4, -0.2) is 29.5 Å². The zero-order chi connectivity index (χ0) is 29.3. The average Bonchev–Trinajstić information content (AvgIpc) is 2.85. The molecule has 0 unspecified atom stereocenters. The second-order valence-electron chi connectivity index (χ2n) is 7.70. The molecule has 0 atom stereocenters. The maximum absolute atomic E-state index is 12.1. The smallest absolute Gasteiger partial charge is 0.258 e. The molecule has 0 spiro atoms. The first-order chi connectivity index (χ1) is 18.2. The molecular weight excluding hydrogens is 547 g/mol. The van der Waals surface area contributed by atoms with Gasteiger partial charge in [-0.25, -0.2) is 0 Å². The molecule has 18 nitrogen and oxygen atoms in total. The molecule has 3 rings (SSSR count). The molecule has 0 saturated carbocycles. The van der Waals surface area contributed by atoms with Gasteiger partial charge in [0.05, 0.1) is 40.1 Å². The number of nitrogens with zero attached hydrogens (tertiary/aromatic N) is 6. The molecule has 0 N–H and O–H groups in total. The SMILES string of the molecule is Cc1cccc(P(c2ccc([N+](=O)[O-])c([N+](=O)[O-])c2[N+](=O)[O-])c2ccc([N+](=O)[O-])c([N+](=O)[O-])c2[N+](=O)[O-])c1C. The number of nitro groups is 6. The van der Waals surface area contributed by atoms with E-state index in [-0.39, 0.29) is 5.30 Å². The Morgan fingerprint density at radius 3 is 1.21 bits per heavy atom. The van der Waals surface area contributed by atoms with Crippen LogP contribution in [0.3, 0.4) is 0 Å². The van der Waals surface area contributed by atoms with Crippen molar-refractivity contribution < 1.29 is 29.5 Å². The molecule has 3 aromatic carbocycles. The maximum Gasteiger partial charge on any atom is 0.423 e. The molecule has 0 saturated heterocycles. The summed E-state index contributed by atoms with van der Waals surface area (Å²) in [4.78, 5) is 63.1. The summed E-state index contributed by atoms with van der Waals surface area (Å²) in [5.74, 6) is 0. The Bertz CT molecular complexity index is 1530. The summed E-state index contributed by atoms with van der Waals surface area (Å²) in [6.45, 7) is 3.14. The molecule has 39 heavy (non-hydrogen) atoms. The Kier molecular flexibility index (Phi) is 7.53. The molecule has 0 fully saturated rings. The van der Waals surface area contributed by atoms with Crippen LogP contribution in [0.2, 0.25) is 0 Å². The minimum Gasteiger partial charge on any atom is -0.258 e. The lowest BCUT2D eigenvalue weighted by Gasteiger charge is -2.21. The average molecular weight is 560 g/mol. The quantitative estimate of drug-likeness (QED) is 0.207. The molecule has 0 aliphatic rings. The number of aryl methyl sites for hydroxylation is 1. The van der Waals surface area contributed by atoms with Gasteiger partial charge in [0, 0.05) is 20.1 Å². The van der Waals surface area contributed by atoms with Crippen LogP contribution in [0.4, 0.5) is 34.1 Å². The summed E-state index contributed by atoms with van der Waals surface area (Å²) in [7, 11) is -2.67. The summed E-state index contributed by atoms with van der Waals surface area (Å²) in [6.07, 6.45) is 0. The highest BCUT2D eigenvalue weighted by molar-refractivity contribution is 7.80. The van der Waals surface area contributed by atoms with Crippen molar-refractivity contribution in [2.45, 2.75) is 13.8 Å². The third-order valence-electron chi connectivity index (χ3n) is 5.64. The first-order valence-corrected chi connectivity index (χ1v) is 11.6. The van der Waals surface area contributed by atoms with Gasteiger partial charge < -0.3 is 0 Å². The fourth-order valence-electron chi connectivity index (χ4n) is 3.86. The predicted molar refractivity (Wildman–Crippen MR) is 135 cm³/mol. The Balaban J connectivity index is 2.66. The second kappa shape index (κ2) is 10.5. The molecule has 0 aromatic heterocycles. The van der Waals surface area contributed by atoms with Crippen LogP contribution < -0.4 is 15.9 Å². The highest BCUT2D eigenvalue weighted by atomic mass is 31.1. The Morgan fingerprint density at radius 2 is 0.872 bits per heavy atom. The Morgan fingerprint density at radius 1 is 0.487 bits per heavy atom. The van der Waals surface area contributed by atoms with Gasteiger partial charge in [0.2, 0.25) is 0 Å². The van der Waals surface area contributed by atoms with E-state index >= 15 is 0 Å². The molecule has 0 bridgehead atoms. The Labute approximate surface area is 216 Å². The van der Waals surface area contributed by atoms with Crippen molar-refractivity contribution in [1.29, 1.82) is 0 Å². The van der Waals surface area contributed by atoms with Crippen molar-refractivity contribution in [2.24, 2.45) is 0 Å². The monoisotopic (exact) mass is 560 g/mol. The second-order valence-corrected chi connectivity index (χ2v) is 9.82. The van der Waals surface area contributed by atoms with Gasteiger partial charge in [-0.2, -0.15) is 0 Å². The summed E-state index contributed by atoms with van der Waals surface area (Å²) < 4.78 is 0. The van der Waals surface area contributed by atoms with E-state index in [1.54, 1.807) is 13.0 Å². The van der Waals surface area contributed by atoms with Crippen LogP contribution in [0, 0.1) is 74.5 Å². The molecular formula is C20H13N6O12P. The first-order valence-electron chi connectivity index (χ1n) is 10.3. The fourth-order valence-corrected chi connectivity index (χ4v) is 6.63. The summed E-state index contributed by atoms with van der Waals surface area (Å²) >= 11 is 0. The van der Waals surface area contributed by atoms with Gasteiger partial charge in [0.15, 0.2) is 0 Å². The topological polar surface area (TPSA) is 259 Å². The minimum absolute atomic E-state index is 0.127. The Hall–Kier alpha value is -5.51. The van der Waals surface area contributed by atoms with E-state index in [0.29, 0.717) is 23.3 Å². The molecule has 3 aromatic rings. The lowest BCUT2D eigenvalue weighted by molar-refractivity contribution is -0.440. The number of nitro benzene ring substituents is 6. The number of hydrogen-bond donors (Lipinski definition) is 0. The predicted octanol–water partition coefficient (Wildman–Crippen LogP) is 3.51. The van der Waals surface area contributed by atoms with E-state index in [4.69, 9.17) is 0 Å². The lowest BCUT2D eigenvalue weighted by atomic mass is 10.1. The van der Waals surface area contributed by atoms with E-state index in [1.807, 2.05) is 0 Å². The van der Waals surface area contributed by atoms with Crippen molar-refractivity contribution in [3.8, 4) is 0 Å². The summed E-state index contributed by atoms with van der Waals surface area (Å²) in [5, 5.41) is 69.7. The fraction of sp³-hybridized carbons (Fsp3) is 0.100. The summed E-state index contributed by atoms with van der Waals surface area (Å²) in [6, 6.07) is 7.32. The zero-order valence-electron chi connectivity index (χ0n) is 19.6. The zero-order valence-corrected chi connectivity index (χ0v) is 20.5. The van der Waals surface area contributed by atoms with Crippen molar-refractivity contribution >= 4 is 58.0 Å². The van der Waals surface area contributed by atoms with Crippen LogP contribution in [-0.2, 0) is 0 Å². The van der Waals surface area contributed by atoms with Crippen LogP contribution in [0.1, 0.15) is 11.1 Å². The van der Waals surface area contributed by atoms with Crippen molar-refractivity contribution in [3.63, 3.8) is 0 Å². The molecule has 19 heteroatoms. The third-order valence-corrected chi connectivity index (χ3v) is 8.29. The van der Waals surface area contributed by atoms with Gasteiger partial charge >= 0.3 is 34.1 Å². The molecule has 0 amide bonds. The normalized spacial score (nSPS) is 10.7. The lowest BCUT2D eigenvalue weighted by Crippen LogP contribution is -2.27. The van der Waals surface area contributed by atoms with Gasteiger partial charge in [0.25, 0.3) is 0 Å². The van der Waals surface area contributed by atoms with Crippen molar-refractivity contribution in [2.75, 3.05) is 0 Å². The van der Waals surface area contributed by atoms with Crippen LogP contribution in [0.15, 0.2) is 42.5 Å². The van der Waals surface area contributed by atoms with Gasteiger partial charge in [-0.3, -0.25) is 60.7 Å².